The van der Waals surface area contributed by atoms with Gasteiger partial charge in [-0.1, -0.05) is 33.9 Å². The Kier molecular flexibility index (Phi) is 2.80. The van der Waals surface area contributed by atoms with Crippen LogP contribution in [0.3, 0.4) is 0 Å². The Bertz CT molecular complexity index is 245. The maximum Gasteiger partial charge on any atom is 0.217 e. The normalized spacial score (nSPS) is 23.7. The van der Waals surface area contributed by atoms with Crippen LogP contribution in [-0.4, -0.2) is 36.5 Å². The summed E-state index contributed by atoms with van der Waals surface area (Å²) in [4.78, 5) is 11.5. The average molecular weight is 215 g/mol. The Morgan fingerprint density at radius 1 is 1.50 bits per heavy atom. The Hall–Kier alpha value is -0.353. The molecule has 1 atom stereocenters. The standard InChI is InChI=1S/C10H21NO2Si/c1-10(2,3)14(4,5)11-8(7-12)6-9(11)13/h8,12H,6-7H2,1-5H3/t8-/m0/s1. The average Bonchev–Trinajstić information content (AvgIpc) is 1.96. The number of nitrogens with zero attached hydrogens (tertiary/aromatic N) is 1. The van der Waals surface area contributed by atoms with Gasteiger partial charge in [-0.05, 0) is 5.04 Å². The van der Waals surface area contributed by atoms with Crippen molar-refractivity contribution in [2.45, 2.75) is 51.4 Å². The first kappa shape index (κ1) is 11.7. The van der Waals surface area contributed by atoms with Crippen molar-refractivity contribution in [1.82, 2.24) is 4.57 Å². The SMILES string of the molecule is CC(C)(C)[Si](C)(C)N1C(=O)C[C@H]1CO. The Morgan fingerprint density at radius 2 is 2.00 bits per heavy atom. The van der Waals surface area contributed by atoms with E-state index in [4.69, 9.17) is 5.11 Å². The third-order valence-electron chi connectivity index (χ3n) is 3.69. The summed E-state index contributed by atoms with van der Waals surface area (Å²) in [5.74, 6) is 0.218. The largest absolute Gasteiger partial charge is 0.394 e. The van der Waals surface area contributed by atoms with Crippen LogP contribution in [0, 0.1) is 0 Å². The molecule has 0 bridgehead atoms. The van der Waals surface area contributed by atoms with Gasteiger partial charge in [-0.25, -0.2) is 0 Å². The smallest absolute Gasteiger partial charge is 0.217 e. The number of β-lactam (4-membered cyclic amide) rings is 1. The molecule has 1 aliphatic heterocycles. The summed E-state index contributed by atoms with van der Waals surface area (Å²) >= 11 is 0. The fraction of sp³-hybridized carbons (Fsp3) is 0.900. The first-order valence-corrected chi connectivity index (χ1v) is 8.09. The maximum atomic E-state index is 11.5. The highest BCUT2D eigenvalue weighted by molar-refractivity contribution is 6.79. The third kappa shape index (κ3) is 1.61. The van der Waals surface area contributed by atoms with E-state index >= 15 is 0 Å². The molecule has 1 saturated heterocycles. The molecule has 0 spiro atoms. The Balaban J connectivity index is 2.86. The summed E-state index contributed by atoms with van der Waals surface area (Å²) in [6, 6.07) is 0.0865. The molecular formula is C10H21NO2Si. The lowest BCUT2D eigenvalue weighted by molar-refractivity contribution is -0.140. The molecule has 1 rings (SSSR count). The van der Waals surface area contributed by atoms with Gasteiger partial charge in [0.15, 0.2) is 8.24 Å². The maximum absolute atomic E-state index is 11.5. The molecule has 1 N–H and O–H groups in total. The lowest BCUT2D eigenvalue weighted by Gasteiger charge is -2.54. The van der Waals surface area contributed by atoms with Gasteiger partial charge in [-0.2, -0.15) is 0 Å². The van der Waals surface area contributed by atoms with Crippen molar-refractivity contribution in [3.05, 3.63) is 0 Å². The van der Waals surface area contributed by atoms with Gasteiger partial charge in [0.2, 0.25) is 5.91 Å². The minimum atomic E-state index is -1.74. The Labute approximate surface area is 87.2 Å². The van der Waals surface area contributed by atoms with Crippen molar-refractivity contribution in [2.24, 2.45) is 0 Å². The molecule has 0 aromatic heterocycles. The predicted molar refractivity (Wildman–Crippen MR) is 59.5 cm³/mol. The lowest BCUT2D eigenvalue weighted by Crippen LogP contribution is -2.69. The van der Waals surface area contributed by atoms with Crippen LogP contribution >= 0.6 is 0 Å². The lowest BCUT2D eigenvalue weighted by atomic mass is 10.1. The van der Waals surface area contributed by atoms with Crippen molar-refractivity contribution in [1.29, 1.82) is 0 Å². The first-order chi connectivity index (χ1) is 6.21. The first-order valence-electron chi connectivity index (χ1n) is 5.15. The summed E-state index contributed by atoms with van der Waals surface area (Å²) in [6.45, 7) is 11.1. The van der Waals surface area contributed by atoms with Gasteiger partial charge >= 0.3 is 0 Å². The summed E-state index contributed by atoms with van der Waals surface area (Å²) < 4.78 is 1.97. The summed E-state index contributed by atoms with van der Waals surface area (Å²) in [5, 5.41) is 9.29. The molecule has 0 aliphatic carbocycles. The van der Waals surface area contributed by atoms with E-state index < -0.39 is 8.24 Å². The van der Waals surface area contributed by atoms with E-state index in [1.54, 1.807) is 0 Å². The molecule has 0 aromatic carbocycles. The van der Waals surface area contributed by atoms with E-state index in [1.807, 2.05) is 4.57 Å². The van der Waals surface area contributed by atoms with E-state index in [9.17, 15) is 4.79 Å². The highest BCUT2D eigenvalue weighted by Crippen LogP contribution is 2.42. The molecule has 1 amide bonds. The van der Waals surface area contributed by atoms with Crippen LogP contribution in [0.25, 0.3) is 0 Å². The highest BCUT2D eigenvalue weighted by Gasteiger charge is 2.51. The molecule has 0 saturated carbocycles. The van der Waals surface area contributed by atoms with Crippen LogP contribution in [0.5, 0.6) is 0 Å². The number of carbonyl (C=O) groups excluding carboxylic acids is 1. The minimum absolute atomic E-state index is 0.0865. The van der Waals surface area contributed by atoms with Crippen LogP contribution in [0.15, 0.2) is 0 Å². The zero-order valence-electron chi connectivity index (χ0n) is 9.79. The van der Waals surface area contributed by atoms with Gasteiger partial charge in [0.1, 0.15) is 0 Å². The molecule has 0 radical (unpaired) electrons. The third-order valence-corrected chi connectivity index (χ3v) is 9.18. The minimum Gasteiger partial charge on any atom is -0.394 e. The molecule has 0 aromatic rings. The van der Waals surface area contributed by atoms with E-state index in [1.165, 1.54) is 0 Å². The van der Waals surface area contributed by atoms with Crippen LogP contribution in [0.1, 0.15) is 27.2 Å². The van der Waals surface area contributed by atoms with Crippen LogP contribution in [-0.2, 0) is 4.79 Å². The summed E-state index contributed by atoms with van der Waals surface area (Å²) in [5.41, 5.74) is 0. The van der Waals surface area contributed by atoms with Gasteiger partial charge < -0.3 is 9.67 Å². The zero-order chi connectivity index (χ0) is 11.1. The van der Waals surface area contributed by atoms with Crippen molar-refractivity contribution < 1.29 is 9.90 Å². The number of carbonyl (C=O) groups is 1. The molecule has 14 heavy (non-hydrogen) atoms. The second-order valence-electron chi connectivity index (χ2n) is 5.61. The molecule has 82 valence electrons. The molecular weight excluding hydrogens is 194 g/mol. The summed E-state index contributed by atoms with van der Waals surface area (Å²) in [6.07, 6.45) is 0.531. The van der Waals surface area contributed by atoms with E-state index in [-0.39, 0.29) is 23.6 Å². The van der Waals surface area contributed by atoms with E-state index in [2.05, 4.69) is 33.9 Å². The predicted octanol–water partition coefficient (Wildman–Crippen LogP) is 1.58. The number of hydrogen-bond acceptors (Lipinski definition) is 2. The fourth-order valence-electron chi connectivity index (χ4n) is 1.76. The zero-order valence-corrected chi connectivity index (χ0v) is 10.8. The number of hydrogen-bond donors (Lipinski definition) is 1. The summed E-state index contributed by atoms with van der Waals surface area (Å²) in [7, 11) is -1.74. The van der Waals surface area contributed by atoms with Gasteiger partial charge in [0.05, 0.1) is 12.6 Å². The fourth-order valence-corrected chi connectivity index (χ4v) is 4.28. The van der Waals surface area contributed by atoms with Gasteiger partial charge in [-0.15, -0.1) is 0 Å². The van der Waals surface area contributed by atoms with E-state index in [0.717, 1.165) is 0 Å². The van der Waals surface area contributed by atoms with Gasteiger partial charge in [0.25, 0.3) is 0 Å². The van der Waals surface area contributed by atoms with Crippen LogP contribution in [0.4, 0.5) is 0 Å². The van der Waals surface area contributed by atoms with Crippen molar-refractivity contribution in [3.8, 4) is 0 Å². The second kappa shape index (κ2) is 3.34. The highest BCUT2D eigenvalue weighted by atomic mass is 28.3. The van der Waals surface area contributed by atoms with Gasteiger partial charge in [0, 0.05) is 6.42 Å². The monoisotopic (exact) mass is 215 g/mol. The number of amides is 1. The van der Waals surface area contributed by atoms with Crippen molar-refractivity contribution >= 4 is 14.1 Å². The number of aliphatic hydroxyl groups excluding tert-OH is 1. The number of rotatable bonds is 2. The second-order valence-corrected chi connectivity index (χ2v) is 10.7. The van der Waals surface area contributed by atoms with Crippen molar-refractivity contribution in [2.75, 3.05) is 6.61 Å². The van der Waals surface area contributed by atoms with E-state index in [0.29, 0.717) is 6.42 Å². The van der Waals surface area contributed by atoms with Gasteiger partial charge in [-0.3, -0.25) is 4.79 Å². The quantitative estimate of drug-likeness (QED) is 0.561. The van der Waals surface area contributed by atoms with Crippen molar-refractivity contribution in [3.63, 3.8) is 0 Å². The van der Waals surface area contributed by atoms with Crippen LogP contribution < -0.4 is 0 Å². The van der Waals surface area contributed by atoms with Crippen LogP contribution in [0.2, 0.25) is 18.1 Å². The Morgan fingerprint density at radius 3 is 2.29 bits per heavy atom. The molecule has 1 fully saturated rings. The molecule has 1 aliphatic rings. The molecule has 0 unspecified atom stereocenters. The topological polar surface area (TPSA) is 40.5 Å². The molecule has 4 heteroatoms. The molecule has 1 heterocycles. The number of aliphatic hydroxyl groups is 1. The molecule has 3 nitrogen and oxygen atoms in total.